The molecule has 9 heteroatoms. The Bertz CT molecular complexity index is 724. The molecule has 0 radical (unpaired) electrons. The number of aromatic carboxylic acids is 1. The molecular formula is C11H11N3O5S. The van der Waals surface area contributed by atoms with Gasteiger partial charge in [0.1, 0.15) is 10.7 Å². The van der Waals surface area contributed by atoms with Crippen LogP contribution in [0.3, 0.4) is 0 Å². The first kappa shape index (κ1) is 14.2. The topological polar surface area (TPSA) is 122 Å². The van der Waals surface area contributed by atoms with Crippen LogP contribution in [0, 0.1) is 6.92 Å². The van der Waals surface area contributed by atoms with Gasteiger partial charge < -0.3 is 9.52 Å². The minimum atomic E-state index is -3.88. The predicted molar refractivity (Wildman–Crippen MR) is 66.5 cm³/mol. The van der Waals surface area contributed by atoms with Gasteiger partial charge in [0.05, 0.1) is 12.2 Å². The number of aryl methyl sites for hydroxylation is 1. The van der Waals surface area contributed by atoms with Crippen LogP contribution in [-0.4, -0.2) is 29.7 Å². The van der Waals surface area contributed by atoms with Crippen molar-refractivity contribution < 1.29 is 22.7 Å². The van der Waals surface area contributed by atoms with Crippen molar-refractivity contribution in [3.8, 4) is 0 Å². The summed E-state index contributed by atoms with van der Waals surface area (Å²) < 4.78 is 31.3. The summed E-state index contributed by atoms with van der Waals surface area (Å²) in [6.45, 7) is 1.33. The van der Waals surface area contributed by atoms with Gasteiger partial charge in [0.2, 0.25) is 15.8 Å². The number of nitrogens with zero attached hydrogens (tertiary/aromatic N) is 2. The number of hydrogen-bond donors (Lipinski definition) is 2. The molecule has 0 amide bonds. The second-order valence-electron chi connectivity index (χ2n) is 3.88. The van der Waals surface area contributed by atoms with Crippen molar-refractivity contribution in [2.45, 2.75) is 18.4 Å². The lowest BCUT2D eigenvalue weighted by Gasteiger charge is -2.04. The number of rotatable bonds is 5. The third-order valence-corrected chi connectivity index (χ3v) is 3.95. The Morgan fingerprint density at radius 2 is 2.25 bits per heavy atom. The zero-order chi connectivity index (χ0) is 14.8. The van der Waals surface area contributed by atoms with Crippen LogP contribution in [0.25, 0.3) is 0 Å². The van der Waals surface area contributed by atoms with E-state index in [9.17, 15) is 13.2 Å². The highest BCUT2D eigenvalue weighted by atomic mass is 32.2. The molecule has 0 aliphatic carbocycles. The third kappa shape index (κ3) is 3.00. The number of carboxylic acids is 1. The molecule has 8 nitrogen and oxygen atoms in total. The molecule has 0 saturated carbocycles. The summed E-state index contributed by atoms with van der Waals surface area (Å²) in [4.78, 5) is 10.5. The van der Waals surface area contributed by atoms with E-state index in [1.807, 2.05) is 0 Å². The molecular weight excluding hydrogens is 286 g/mol. The Kier molecular flexibility index (Phi) is 3.81. The molecule has 2 rings (SSSR count). The molecule has 0 unspecified atom stereocenters. The SMILES string of the molecule is Cc1oc(C(=O)O)cc1S(=O)(=O)NCc1cccnn1. The maximum atomic E-state index is 12.1. The van der Waals surface area contributed by atoms with Gasteiger partial charge in [0, 0.05) is 12.3 Å². The molecule has 106 valence electrons. The molecule has 0 aromatic carbocycles. The van der Waals surface area contributed by atoms with Gasteiger partial charge in [-0.25, -0.2) is 17.9 Å². The average Bonchev–Trinajstić information content (AvgIpc) is 2.81. The first-order valence-electron chi connectivity index (χ1n) is 5.50. The standard InChI is InChI=1S/C11H11N3O5S/c1-7-10(5-9(19-7)11(15)16)20(17,18)13-6-8-3-2-4-12-14-8/h2-5,13H,6H2,1H3,(H,15,16). The van der Waals surface area contributed by atoms with Crippen LogP contribution in [0.15, 0.2) is 33.7 Å². The summed E-state index contributed by atoms with van der Waals surface area (Å²) in [6.07, 6.45) is 1.47. The van der Waals surface area contributed by atoms with E-state index >= 15 is 0 Å². The van der Waals surface area contributed by atoms with Gasteiger partial charge in [-0.1, -0.05) is 0 Å². The van der Waals surface area contributed by atoms with Gasteiger partial charge in [-0.05, 0) is 19.1 Å². The number of aromatic nitrogens is 2. The van der Waals surface area contributed by atoms with Crippen molar-refractivity contribution in [1.29, 1.82) is 0 Å². The van der Waals surface area contributed by atoms with E-state index in [2.05, 4.69) is 14.9 Å². The summed E-state index contributed by atoms with van der Waals surface area (Å²) in [7, 11) is -3.88. The number of sulfonamides is 1. The minimum absolute atomic E-state index is 0.00838. The van der Waals surface area contributed by atoms with Gasteiger partial charge in [-0.2, -0.15) is 10.2 Å². The summed E-state index contributed by atoms with van der Waals surface area (Å²) in [5.41, 5.74) is 0.440. The van der Waals surface area contributed by atoms with Crippen molar-refractivity contribution in [2.24, 2.45) is 0 Å². The lowest BCUT2D eigenvalue weighted by atomic mass is 10.4. The van der Waals surface area contributed by atoms with Crippen LogP contribution in [-0.2, 0) is 16.6 Å². The number of furan rings is 1. The van der Waals surface area contributed by atoms with Gasteiger partial charge in [0.15, 0.2) is 0 Å². The molecule has 0 aliphatic rings. The first-order valence-corrected chi connectivity index (χ1v) is 6.98. The molecule has 0 bridgehead atoms. The van der Waals surface area contributed by atoms with E-state index in [1.165, 1.54) is 13.1 Å². The summed E-state index contributed by atoms with van der Waals surface area (Å²) in [6, 6.07) is 4.21. The smallest absolute Gasteiger partial charge is 0.371 e. The minimum Gasteiger partial charge on any atom is -0.475 e. The molecule has 0 spiro atoms. The molecule has 0 atom stereocenters. The van der Waals surface area contributed by atoms with E-state index in [0.29, 0.717) is 5.69 Å². The Morgan fingerprint density at radius 1 is 1.50 bits per heavy atom. The van der Waals surface area contributed by atoms with Crippen LogP contribution < -0.4 is 4.72 Å². The van der Waals surface area contributed by atoms with Crippen molar-refractivity contribution in [3.63, 3.8) is 0 Å². The number of hydrogen-bond acceptors (Lipinski definition) is 6. The second-order valence-corrected chi connectivity index (χ2v) is 5.61. The number of nitrogens with one attached hydrogen (secondary N) is 1. The Hall–Kier alpha value is -2.26. The van der Waals surface area contributed by atoms with E-state index < -0.39 is 21.8 Å². The zero-order valence-corrected chi connectivity index (χ0v) is 11.2. The maximum Gasteiger partial charge on any atom is 0.371 e. The van der Waals surface area contributed by atoms with Crippen molar-refractivity contribution in [2.75, 3.05) is 0 Å². The normalized spacial score (nSPS) is 11.4. The van der Waals surface area contributed by atoms with E-state index in [1.54, 1.807) is 12.1 Å². The third-order valence-electron chi connectivity index (χ3n) is 2.44. The molecule has 2 aromatic heterocycles. The van der Waals surface area contributed by atoms with E-state index in [0.717, 1.165) is 6.07 Å². The zero-order valence-electron chi connectivity index (χ0n) is 10.4. The molecule has 0 saturated heterocycles. The average molecular weight is 297 g/mol. The first-order chi connectivity index (χ1) is 9.40. The van der Waals surface area contributed by atoms with E-state index in [4.69, 9.17) is 9.52 Å². The summed E-state index contributed by atoms with van der Waals surface area (Å²) in [5, 5.41) is 16.1. The monoisotopic (exact) mass is 297 g/mol. The highest BCUT2D eigenvalue weighted by Crippen LogP contribution is 2.20. The Labute approximate surface area is 114 Å². The van der Waals surface area contributed by atoms with Crippen LogP contribution in [0.2, 0.25) is 0 Å². The van der Waals surface area contributed by atoms with Crippen LogP contribution in [0.5, 0.6) is 0 Å². The molecule has 2 N–H and O–H groups in total. The van der Waals surface area contributed by atoms with Gasteiger partial charge in [-0.3, -0.25) is 0 Å². The number of carbonyl (C=O) groups is 1. The van der Waals surface area contributed by atoms with Crippen LogP contribution in [0.1, 0.15) is 22.0 Å². The fourth-order valence-electron chi connectivity index (χ4n) is 1.51. The Morgan fingerprint density at radius 3 is 2.80 bits per heavy atom. The molecule has 2 aromatic rings. The molecule has 0 aliphatic heterocycles. The highest BCUT2D eigenvalue weighted by molar-refractivity contribution is 7.89. The van der Waals surface area contributed by atoms with Crippen molar-refractivity contribution >= 4 is 16.0 Å². The largest absolute Gasteiger partial charge is 0.475 e. The molecule has 0 fully saturated rings. The van der Waals surface area contributed by atoms with Crippen LogP contribution >= 0.6 is 0 Å². The predicted octanol–water partition coefficient (Wildman–Crippen LogP) is 0.555. The second kappa shape index (κ2) is 5.39. The van der Waals surface area contributed by atoms with Gasteiger partial charge in [0.25, 0.3) is 0 Å². The number of carboxylic acid groups (broad SMARTS) is 1. The summed E-state index contributed by atoms with van der Waals surface area (Å²) in [5.74, 6) is -1.75. The molecule has 2 heterocycles. The van der Waals surface area contributed by atoms with Gasteiger partial charge in [-0.15, -0.1) is 0 Å². The van der Waals surface area contributed by atoms with Crippen molar-refractivity contribution in [1.82, 2.24) is 14.9 Å². The lowest BCUT2D eigenvalue weighted by molar-refractivity contribution is 0.0661. The van der Waals surface area contributed by atoms with Crippen LogP contribution in [0.4, 0.5) is 0 Å². The Balaban J connectivity index is 2.20. The highest BCUT2D eigenvalue weighted by Gasteiger charge is 2.23. The summed E-state index contributed by atoms with van der Waals surface area (Å²) >= 11 is 0. The van der Waals surface area contributed by atoms with Crippen molar-refractivity contribution in [3.05, 3.63) is 41.6 Å². The quantitative estimate of drug-likeness (QED) is 0.826. The maximum absolute atomic E-state index is 12.1. The fraction of sp³-hybridized carbons (Fsp3) is 0.182. The fourth-order valence-corrected chi connectivity index (χ4v) is 2.69. The van der Waals surface area contributed by atoms with Gasteiger partial charge >= 0.3 is 5.97 Å². The lowest BCUT2D eigenvalue weighted by Crippen LogP contribution is -2.24. The van der Waals surface area contributed by atoms with E-state index in [-0.39, 0.29) is 17.2 Å². The molecule has 20 heavy (non-hydrogen) atoms.